The molecule has 0 aliphatic heterocycles. The van der Waals surface area contributed by atoms with Crippen LogP contribution in [-0.2, 0) is 0 Å². The minimum Gasteiger partial charge on any atom is -0.497 e. The van der Waals surface area contributed by atoms with Crippen molar-refractivity contribution >= 4 is 49.6 Å². The maximum absolute atomic E-state index is 13.1. The zero-order chi connectivity index (χ0) is 25.2. The van der Waals surface area contributed by atoms with Crippen LogP contribution in [0.3, 0.4) is 0 Å². The number of thiazole rings is 1. The Morgan fingerprint density at radius 1 is 0.944 bits per heavy atom. The smallest absolute Gasteiger partial charge is 0.269 e. The third kappa shape index (κ3) is 4.32. The lowest BCUT2D eigenvalue weighted by molar-refractivity contribution is 0.103. The number of aromatic nitrogens is 2. The molecule has 8 nitrogen and oxygen atoms in total. The van der Waals surface area contributed by atoms with Gasteiger partial charge < -0.3 is 19.9 Å². The van der Waals surface area contributed by atoms with Crippen LogP contribution in [0.25, 0.3) is 32.6 Å². The number of methoxy groups -OCH3 is 3. The number of nitrogens with one attached hydrogen (secondary N) is 1. The summed E-state index contributed by atoms with van der Waals surface area (Å²) in [6.07, 6.45) is 1.63. The number of benzene rings is 2. The lowest BCUT2D eigenvalue weighted by Crippen LogP contribution is -2.11. The van der Waals surface area contributed by atoms with Gasteiger partial charge >= 0.3 is 0 Å². The first-order valence-corrected chi connectivity index (χ1v) is 12.5. The number of rotatable bonds is 7. The van der Waals surface area contributed by atoms with Crippen LogP contribution in [-0.4, -0.2) is 37.2 Å². The second-order valence-corrected chi connectivity index (χ2v) is 9.56. The summed E-state index contributed by atoms with van der Waals surface area (Å²) in [7, 11) is 4.81. The predicted molar refractivity (Wildman–Crippen MR) is 145 cm³/mol. The minimum absolute atomic E-state index is 0.324. The molecule has 3 aromatic heterocycles. The van der Waals surface area contributed by atoms with E-state index in [9.17, 15) is 4.79 Å². The first kappa shape index (κ1) is 23.6. The van der Waals surface area contributed by atoms with Crippen molar-refractivity contribution in [2.24, 2.45) is 0 Å². The molecule has 36 heavy (non-hydrogen) atoms. The Morgan fingerprint density at radius 2 is 1.69 bits per heavy atom. The van der Waals surface area contributed by atoms with E-state index >= 15 is 0 Å². The maximum atomic E-state index is 13.1. The molecule has 0 aliphatic carbocycles. The number of pyridine rings is 1. The summed E-state index contributed by atoms with van der Waals surface area (Å²) < 4.78 is 16.2. The van der Waals surface area contributed by atoms with Gasteiger partial charge in [0.25, 0.3) is 5.91 Å². The molecule has 182 valence electrons. The molecule has 3 N–H and O–H groups in total. The molecule has 0 atom stereocenters. The van der Waals surface area contributed by atoms with Crippen LogP contribution < -0.4 is 25.3 Å². The minimum atomic E-state index is -0.324. The van der Waals surface area contributed by atoms with Crippen molar-refractivity contribution < 1.29 is 19.0 Å². The fourth-order valence-electron chi connectivity index (χ4n) is 3.87. The van der Waals surface area contributed by atoms with E-state index in [1.165, 1.54) is 22.7 Å². The molecule has 5 aromatic rings. The topological polar surface area (TPSA) is 109 Å². The summed E-state index contributed by atoms with van der Waals surface area (Å²) in [5.41, 5.74) is 10.3. The number of nitrogen functional groups attached to an aromatic ring is 1. The van der Waals surface area contributed by atoms with Crippen LogP contribution in [0.2, 0.25) is 0 Å². The van der Waals surface area contributed by atoms with Crippen molar-refractivity contribution in [1.29, 1.82) is 0 Å². The van der Waals surface area contributed by atoms with Gasteiger partial charge in [-0.25, -0.2) is 9.97 Å². The molecule has 1 amide bonds. The molecule has 0 fully saturated rings. The summed E-state index contributed by atoms with van der Waals surface area (Å²) in [4.78, 5) is 23.1. The highest BCUT2D eigenvalue weighted by molar-refractivity contribution is 7.21. The van der Waals surface area contributed by atoms with Crippen molar-refractivity contribution in [2.75, 3.05) is 32.4 Å². The van der Waals surface area contributed by atoms with Gasteiger partial charge in [-0.05, 0) is 53.6 Å². The number of fused-ring (bicyclic) bond motifs is 1. The molecule has 0 bridgehead atoms. The van der Waals surface area contributed by atoms with E-state index < -0.39 is 0 Å². The van der Waals surface area contributed by atoms with Crippen LogP contribution in [0.15, 0.2) is 60.1 Å². The largest absolute Gasteiger partial charge is 0.497 e. The number of anilines is 2. The number of nitrogens with two attached hydrogens (primary N) is 1. The van der Waals surface area contributed by atoms with E-state index in [0.717, 1.165) is 28.1 Å². The van der Waals surface area contributed by atoms with Gasteiger partial charge in [-0.2, -0.15) is 0 Å². The zero-order valence-corrected chi connectivity index (χ0v) is 21.3. The van der Waals surface area contributed by atoms with Crippen molar-refractivity contribution in [1.82, 2.24) is 9.97 Å². The van der Waals surface area contributed by atoms with Crippen LogP contribution in [0.1, 0.15) is 9.67 Å². The highest BCUT2D eigenvalue weighted by Crippen LogP contribution is 2.43. The molecule has 0 saturated carbocycles. The molecule has 10 heteroatoms. The van der Waals surface area contributed by atoms with Crippen LogP contribution >= 0.6 is 22.7 Å². The van der Waals surface area contributed by atoms with E-state index in [0.29, 0.717) is 37.4 Å². The Balaban J connectivity index is 1.70. The molecule has 5 rings (SSSR count). The number of nitrogens with zero attached hydrogens (tertiary/aromatic N) is 2. The summed E-state index contributed by atoms with van der Waals surface area (Å²) in [5, 5.41) is 5.81. The molecule has 0 radical (unpaired) electrons. The molecule has 0 aliphatic rings. The fraction of sp³-hybridized carbons (Fsp3) is 0.115. The normalized spacial score (nSPS) is 10.9. The van der Waals surface area contributed by atoms with Crippen molar-refractivity contribution in [3.63, 3.8) is 0 Å². The first-order chi connectivity index (χ1) is 17.5. The van der Waals surface area contributed by atoms with Crippen LogP contribution in [0.5, 0.6) is 17.2 Å². The second-order valence-electron chi connectivity index (χ2n) is 7.67. The van der Waals surface area contributed by atoms with Gasteiger partial charge in [0, 0.05) is 22.5 Å². The number of hydrogen-bond donors (Lipinski definition) is 2. The summed E-state index contributed by atoms with van der Waals surface area (Å²) in [5.74, 6) is 1.63. The predicted octanol–water partition coefficient (Wildman–Crippen LogP) is 5.95. The lowest BCUT2D eigenvalue weighted by atomic mass is 9.99. The van der Waals surface area contributed by atoms with E-state index in [2.05, 4.69) is 10.3 Å². The Morgan fingerprint density at radius 3 is 2.36 bits per heavy atom. The average Bonchev–Trinajstić information content (AvgIpc) is 3.55. The number of carbonyl (C=O) groups excluding carboxylic acids is 1. The third-order valence-corrected chi connectivity index (χ3v) is 7.43. The van der Waals surface area contributed by atoms with Gasteiger partial charge in [0.15, 0.2) is 16.6 Å². The van der Waals surface area contributed by atoms with Crippen LogP contribution in [0, 0.1) is 0 Å². The SMILES string of the molecule is COc1ccc(-c2cc(-c3ccc(OC)c(OC)c3)c3c(N)c(C(=O)Nc4nccs4)sc3n2)cc1. The summed E-state index contributed by atoms with van der Waals surface area (Å²) in [6.45, 7) is 0. The standard InChI is InChI=1S/C26H22N4O4S2/c1-32-16-7-4-14(5-8-16)18-13-17(15-6-9-19(33-2)20(12-15)34-3)21-22(27)23(36-25(21)29-18)24(31)30-26-28-10-11-35-26/h4-13H,27H2,1-3H3,(H,28,30,31). The summed E-state index contributed by atoms with van der Waals surface area (Å²) in [6, 6.07) is 15.3. The highest BCUT2D eigenvalue weighted by atomic mass is 32.1. The van der Waals surface area contributed by atoms with E-state index in [1.54, 1.807) is 32.9 Å². The van der Waals surface area contributed by atoms with E-state index in [1.807, 2.05) is 48.5 Å². The second kappa shape index (κ2) is 9.84. The van der Waals surface area contributed by atoms with Gasteiger partial charge in [-0.3, -0.25) is 10.1 Å². The number of ether oxygens (including phenoxy) is 3. The van der Waals surface area contributed by atoms with Gasteiger partial charge in [-0.15, -0.1) is 22.7 Å². The maximum Gasteiger partial charge on any atom is 0.269 e. The molecule has 0 spiro atoms. The van der Waals surface area contributed by atoms with Crippen LogP contribution in [0.4, 0.5) is 10.8 Å². The van der Waals surface area contributed by atoms with E-state index in [-0.39, 0.29) is 5.91 Å². The molecular formula is C26H22N4O4S2. The third-order valence-electron chi connectivity index (χ3n) is 5.64. The van der Waals surface area contributed by atoms with Gasteiger partial charge in [0.1, 0.15) is 15.5 Å². The van der Waals surface area contributed by atoms with E-state index in [4.69, 9.17) is 24.9 Å². The summed E-state index contributed by atoms with van der Waals surface area (Å²) >= 11 is 2.58. The molecule has 0 unspecified atom stereocenters. The Labute approximate surface area is 215 Å². The molecular weight excluding hydrogens is 496 g/mol. The number of amides is 1. The fourth-order valence-corrected chi connectivity index (χ4v) is 5.41. The molecule has 2 aromatic carbocycles. The van der Waals surface area contributed by atoms with Crippen molar-refractivity contribution in [2.45, 2.75) is 0 Å². The van der Waals surface area contributed by atoms with Gasteiger partial charge in [-0.1, -0.05) is 6.07 Å². The van der Waals surface area contributed by atoms with Crippen molar-refractivity contribution in [3.05, 3.63) is 65.0 Å². The Hall–Kier alpha value is -4.15. The number of hydrogen-bond acceptors (Lipinski definition) is 9. The monoisotopic (exact) mass is 518 g/mol. The van der Waals surface area contributed by atoms with Gasteiger partial charge in [0.05, 0.1) is 32.7 Å². The quantitative estimate of drug-likeness (QED) is 0.274. The lowest BCUT2D eigenvalue weighted by Gasteiger charge is -2.12. The average molecular weight is 519 g/mol. The molecule has 0 saturated heterocycles. The molecule has 3 heterocycles. The number of carbonyl (C=O) groups is 1. The van der Waals surface area contributed by atoms with Crippen molar-refractivity contribution in [3.8, 4) is 39.6 Å². The Kier molecular flexibility index (Phi) is 6.45. The Bertz CT molecular complexity index is 1550. The number of thiophene rings is 1. The van der Waals surface area contributed by atoms with Gasteiger partial charge in [0.2, 0.25) is 0 Å². The zero-order valence-electron chi connectivity index (χ0n) is 19.7. The first-order valence-electron chi connectivity index (χ1n) is 10.8. The highest BCUT2D eigenvalue weighted by Gasteiger charge is 2.23.